The second-order valence-corrected chi connectivity index (χ2v) is 5.11. The van der Waals surface area contributed by atoms with Crippen molar-refractivity contribution in [2.75, 3.05) is 0 Å². The molecule has 1 N–H and O–H groups in total. The number of unbranched alkanes of at least 4 members (excludes halogenated alkanes) is 2. The Morgan fingerprint density at radius 3 is 2.82 bits per heavy atom. The molecule has 0 bridgehead atoms. The molecule has 11 heavy (non-hydrogen) atoms. The van der Waals surface area contributed by atoms with Gasteiger partial charge in [0.2, 0.25) is 0 Å². The van der Waals surface area contributed by atoms with Crippen LogP contribution in [-0.2, 0) is 4.79 Å². The summed E-state index contributed by atoms with van der Waals surface area (Å²) in [7, 11) is 0. The molecule has 0 atom stereocenters. The molecule has 0 radical (unpaired) electrons. The van der Waals surface area contributed by atoms with Crippen LogP contribution in [0.15, 0.2) is 10.2 Å². The van der Waals surface area contributed by atoms with Gasteiger partial charge < -0.3 is 0 Å². The molecule has 0 aromatic carbocycles. The molecule has 0 saturated carbocycles. The quantitative estimate of drug-likeness (QED) is 0.454. The number of carboxylic acids is 1. The van der Waals surface area contributed by atoms with Gasteiger partial charge in [-0.15, -0.1) is 0 Å². The summed E-state index contributed by atoms with van der Waals surface area (Å²) in [6.45, 7) is 2.17. The molecule has 64 valence electrons. The molecule has 0 amide bonds. The van der Waals surface area contributed by atoms with Crippen LogP contribution in [0.2, 0.25) is 4.47 Å². The third kappa shape index (κ3) is 10.00. The van der Waals surface area contributed by atoms with E-state index in [4.69, 9.17) is 5.11 Å². The van der Waals surface area contributed by atoms with Crippen LogP contribution >= 0.6 is 0 Å². The van der Waals surface area contributed by atoms with Crippen LogP contribution < -0.4 is 0 Å². The monoisotopic (exact) mass is 272 g/mol. The van der Waals surface area contributed by atoms with Crippen LogP contribution in [0.25, 0.3) is 0 Å². The van der Waals surface area contributed by atoms with E-state index in [0.717, 1.165) is 0 Å². The summed E-state index contributed by atoms with van der Waals surface area (Å²) in [6, 6.07) is 0. The van der Waals surface area contributed by atoms with Gasteiger partial charge in [-0.2, -0.15) is 0 Å². The van der Waals surface area contributed by atoms with Gasteiger partial charge in [-0.25, -0.2) is 0 Å². The zero-order valence-corrected chi connectivity index (χ0v) is 9.08. The first-order valence-corrected chi connectivity index (χ1v) is 6.77. The maximum atomic E-state index is 10.0. The van der Waals surface area contributed by atoms with E-state index in [1.807, 2.05) is 4.12 Å². The molecule has 0 rings (SSSR count). The van der Waals surface area contributed by atoms with E-state index in [0.29, 0.717) is 0 Å². The normalized spacial score (nSPS) is 10.6. The first-order chi connectivity index (χ1) is 5.27. The molecular weight excluding hydrogens is 256 g/mol. The molecule has 0 aliphatic rings. The summed E-state index contributed by atoms with van der Waals surface area (Å²) in [4.78, 5) is 10.0. The van der Waals surface area contributed by atoms with E-state index >= 15 is 0 Å². The molecule has 0 saturated heterocycles. The van der Waals surface area contributed by atoms with Gasteiger partial charge in [-0.1, -0.05) is 0 Å². The zero-order chi connectivity index (χ0) is 8.53. The Morgan fingerprint density at radius 1 is 1.55 bits per heavy atom. The van der Waals surface area contributed by atoms with E-state index in [-0.39, 0.29) is 20.9 Å². The number of carboxylic acid groups (broad SMARTS) is 1. The average molecular weight is 270 g/mol. The molecule has 0 unspecified atom stereocenters. The SMILES string of the molecule is CCCCC[Te]/C=C/C(=O)O. The molecule has 0 aromatic rings. The van der Waals surface area contributed by atoms with Crippen molar-refractivity contribution in [3.8, 4) is 0 Å². The van der Waals surface area contributed by atoms with Gasteiger partial charge in [0.05, 0.1) is 0 Å². The first kappa shape index (κ1) is 11.0. The standard InChI is InChI=1S/C8H14O2Te/c1-2-3-4-6-11-7-5-8(9)10/h5,7H,2-4,6H2,1H3,(H,9,10)/b7-5+. The van der Waals surface area contributed by atoms with Crippen molar-refractivity contribution in [2.24, 2.45) is 0 Å². The Bertz CT molecular complexity index is 132. The molecule has 0 spiro atoms. The van der Waals surface area contributed by atoms with Crippen molar-refractivity contribution in [2.45, 2.75) is 30.7 Å². The van der Waals surface area contributed by atoms with Crippen molar-refractivity contribution in [3.05, 3.63) is 10.2 Å². The molecule has 2 nitrogen and oxygen atoms in total. The third-order valence-corrected chi connectivity index (χ3v) is 3.61. The Balaban J connectivity index is 3.07. The van der Waals surface area contributed by atoms with E-state index < -0.39 is 5.97 Å². The molecular formula is C8H14O2Te. The van der Waals surface area contributed by atoms with Crippen LogP contribution in [0.1, 0.15) is 26.2 Å². The summed E-state index contributed by atoms with van der Waals surface area (Å²) in [6.07, 6.45) is 5.07. The molecule has 0 aliphatic carbocycles. The zero-order valence-electron chi connectivity index (χ0n) is 6.75. The van der Waals surface area contributed by atoms with Crippen molar-refractivity contribution >= 4 is 26.9 Å². The van der Waals surface area contributed by atoms with E-state index in [9.17, 15) is 4.79 Å². The van der Waals surface area contributed by atoms with Crippen LogP contribution in [0, 0.1) is 0 Å². The van der Waals surface area contributed by atoms with Crippen LogP contribution in [0.4, 0.5) is 0 Å². The summed E-state index contributed by atoms with van der Waals surface area (Å²) in [5, 5.41) is 8.25. The molecule has 0 aromatic heterocycles. The first-order valence-electron chi connectivity index (χ1n) is 3.78. The molecule has 0 heterocycles. The second-order valence-electron chi connectivity index (χ2n) is 2.22. The number of hydrogen-bond acceptors (Lipinski definition) is 1. The van der Waals surface area contributed by atoms with Gasteiger partial charge in [-0.05, 0) is 0 Å². The van der Waals surface area contributed by atoms with Gasteiger partial charge in [0.1, 0.15) is 0 Å². The van der Waals surface area contributed by atoms with Crippen molar-refractivity contribution in [3.63, 3.8) is 0 Å². The van der Waals surface area contributed by atoms with Crippen molar-refractivity contribution in [1.82, 2.24) is 0 Å². The molecule has 3 heteroatoms. The fourth-order valence-corrected chi connectivity index (χ4v) is 2.66. The average Bonchev–Trinajstić information content (AvgIpc) is 1.96. The van der Waals surface area contributed by atoms with Crippen LogP contribution in [0.5, 0.6) is 0 Å². The second kappa shape index (κ2) is 8.10. The van der Waals surface area contributed by atoms with Gasteiger partial charge in [0.25, 0.3) is 0 Å². The summed E-state index contributed by atoms with van der Waals surface area (Å²) >= 11 is -0.142. The van der Waals surface area contributed by atoms with Gasteiger partial charge in [0.15, 0.2) is 0 Å². The van der Waals surface area contributed by atoms with E-state index in [1.54, 1.807) is 0 Å². The Morgan fingerprint density at radius 2 is 2.27 bits per heavy atom. The van der Waals surface area contributed by atoms with Gasteiger partial charge in [-0.3, -0.25) is 0 Å². The number of hydrogen-bond donors (Lipinski definition) is 1. The fraction of sp³-hybridized carbons (Fsp3) is 0.625. The summed E-state index contributed by atoms with van der Waals surface area (Å²) in [5.41, 5.74) is 0. The molecule has 0 aliphatic heterocycles. The topological polar surface area (TPSA) is 37.3 Å². The van der Waals surface area contributed by atoms with Crippen LogP contribution in [0.3, 0.4) is 0 Å². The third-order valence-electron chi connectivity index (χ3n) is 1.17. The van der Waals surface area contributed by atoms with E-state index in [2.05, 4.69) is 6.92 Å². The predicted molar refractivity (Wildman–Crippen MR) is 46.9 cm³/mol. The van der Waals surface area contributed by atoms with Gasteiger partial charge >= 0.3 is 77.6 Å². The fourth-order valence-electron chi connectivity index (χ4n) is 0.610. The number of rotatable bonds is 6. The Hall–Kier alpha value is -0.000390. The Kier molecular flexibility index (Phi) is 8.10. The molecule has 0 fully saturated rings. The minimum absolute atomic E-state index is 0.142. The van der Waals surface area contributed by atoms with E-state index in [1.165, 1.54) is 29.8 Å². The maximum absolute atomic E-state index is 10.0. The minimum atomic E-state index is -0.814. The summed E-state index contributed by atoms with van der Waals surface area (Å²) < 4.78 is 3.09. The van der Waals surface area contributed by atoms with Crippen molar-refractivity contribution < 1.29 is 9.90 Å². The Labute approximate surface area is 77.8 Å². The van der Waals surface area contributed by atoms with Crippen LogP contribution in [-0.4, -0.2) is 32.0 Å². The van der Waals surface area contributed by atoms with Crippen molar-refractivity contribution in [1.29, 1.82) is 0 Å². The predicted octanol–water partition coefficient (Wildman–Crippen LogP) is 1.90. The number of aliphatic carboxylic acids is 1. The van der Waals surface area contributed by atoms with Gasteiger partial charge in [0, 0.05) is 0 Å². The summed E-state index contributed by atoms with van der Waals surface area (Å²) in [5.74, 6) is -0.814. The number of carbonyl (C=O) groups is 1.